The van der Waals surface area contributed by atoms with Crippen LogP contribution in [-0.4, -0.2) is 34.0 Å². The molecule has 8 nitrogen and oxygen atoms in total. The highest BCUT2D eigenvalue weighted by molar-refractivity contribution is 5.76. The van der Waals surface area contributed by atoms with Crippen molar-refractivity contribution in [1.82, 2.24) is 0 Å². The molecule has 6 N–H and O–H groups in total. The Morgan fingerprint density at radius 2 is 0.947 bits per heavy atom. The molecule has 0 saturated carbocycles. The standard InChI is InChI=1S/C6H10O4.C5H10N2O2/c7-5(8)3-1-2-4-6(9)10;6-4(8)2-1-3-5(7)9/h1-4H2,(H,7,8)(H,9,10);1-3H2,(H2,6,8)(H2,7,9). The van der Waals surface area contributed by atoms with Gasteiger partial charge in [-0.3, -0.25) is 19.2 Å². The zero-order chi connectivity index (χ0) is 15.3. The lowest BCUT2D eigenvalue weighted by molar-refractivity contribution is -0.139. The van der Waals surface area contributed by atoms with Gasteiger partial charge in [0.2, 0.25) is 11.8 Å². The van der Waals surface area contributed by atoms with Crippen LogP contribution in [0, 0.1) is 0 Å². The lowest BCUT2D eigenvalue weighted by Gasteiger charge is -1.92. The summed E-state index contributed by atoms with van der Waals surface area (Å²) in [6, 6.07) is 0. The highest BCUT2D eigenvalue weighted by Gasteiger charge is 1.99. The highest BCUT2D eigenvalue weighted by Crippen LogP contribution is 1.98. The summed E-state index contributed by atoms with van der Waals surface area (Å²) in [5.41, 5.74) is 9.58. The summed E-state index contributed by atoms with van der Waals surface area (Å²) in [5, 5.41) is 16.3. The second kappa shape index (κ2) is 12.3. The molecule has 0 aliphatic rings. The van der Waals surface area contributed by atoms with E-state index in [1.165, 1.54) is 0 Å². The third kappa shape index (κ3) is 25.8. The number of primary amides is 2. The molecule has 0 radical (unpaired) electrons. The molecule has 0 fully saturated rings. The molecule has 0 aromatic carbocycles. The number of carboxylic acid groups (broad SMARTS) is 2. The van der Waals surface area contributed by atoms with Gasteiger partial charge >= 0.3 is 11.9 Å². The maximum atomic E-state index is 10.1. The number of carboxylic acids is 2. The maximum Gasteiger partial charge on any atom is 0.303 e. The minimum Gasteiger partial charge on any atom is -0.481 e. The average Bonchev–Trinajstić information content (AvgIpc) is 2.23. The van der Waals surface area contributed by atoms with E-state index >= 15 is 0 Å². The molecular formula is C11H20N2O6. The van der Waals surface area contributed by atoms with E-state index in [1.54, 1.807) is 0 Å². The molecule has 0 atom stereocenters. The van der Waals surface area contributed by atoms with Gasteiger partial charge in [0.15, 0.2) is 0 Å². The number of rotatable bonds is 9. The van der Waals surface area contributed by atoms with Crippen LogP contribution in [0.3, 0.4) is 0 Å². The van der Waals surface area contributed by atoms with Crippen LogP contribution in [0.15, 0.2) is 0 Å². The number of hydrogen-bond donors (Lipinski definition) is 4. The summed E-state index contributed by atoms with van der Waals surface area (Å²) >= 11 is 0. The molecule has 19 heavy (non-hydrogen) atoms. The van der Waals surface area contributed by atoms with Gasteiger partial charge in [-0.25, -0.2) is 0 Å². The van der Waals surface area contributed by atoms with Crippen LogP contribution in [0.5, 0.6) is 0 Å². The van der Waals surface area contributed by atoms with E-state index < -0.39 is 23.8 Å². The summed E-state index contributed by atoms with van der Waals surface area (Å²) in [6.45, 7) is 0. The number of hydrogen-bond acceptors (Lipinski definition) is 4. The van der Waals surface area contributed by atoms with E-state index in [0.717, 1.165) is 0 Å². The van der Waals surface area contributed by atoms with E-state index in [0.29, 0.717) is 19.3 Å². The molecule has 8 heteroatoms. The molecule has 2 amide bonds. The second-order valence-electron chi connectivity index (χ2n) is 3.78. The third-order valence-corrected chi connectivity index (χ3v) is 1.88. The van der Waals surface area contributed by atoms with Crippen LogP contribution < -0.4 is 11.5 Å². The molecule has 0 bridgehead atoms. The zero-order valence-electron chi connectivity index (χ0n) is 10.6. The fourth-order valence-corrected chi connectivity index (χ4v) is 0.989. The van der Waals surface area contributed by atoms with Crippen molar-refractivity contribution in [3.8, 4) is 0 Å². The Bertz CT molecular complexity index is 286. The van der Waals surface area contributed by atoms with Gasteiger partial charge in [0, 0.05) is 25.7 Å². The summed E-state index contributed by atoms with van der Waals surface area (Å²) in [4.78, 5) is 39.9. The van der Waals surface area contributed by atoms with Crippen molar-refractivity contribution in [3.63, 3.8) is 0 Å². The topological polar surface area (TPSA) is 161 Å². The summed E-state index contributed by atoms with van der Waals surface area (Å²) in [7, 11) is 0. The normalized spacial score (nSPS) is 9.05. The number of aliphatic carboxylic acids is 2. The molecule has 0 aliphatic carbocycles. The zero-order valence-corrected chi connectivity index (χ0v) is 10.6. The minimum absolute atomic E-state index is 0.0628. The van der Waals surface area contributed by atoms with Crippen LogP contribution in [0.4, 0.5) is 0 Å². The van der Waals surface area contributed by atoms with Crippen molar-refractivity contribution in [2.24, 2.45) is 11.5 Å². The monoisotopic (exact) mass is 276 g/mol. The molecule has 0 aromatic rings. The van der Waals surface area contributed by atoms with Crippen LogP contribution in [-0.2, 0) is 19.2 Å². The smallest absolute Gasteiger partial charge is 0.303 e. The largest absolute Gasteiger partial charge is 0.481 e. The Morgan fingerprint density at radius 3 is 1.16 bits per heavy atom. The van der Waals surface area contributed by atoms with Crippen molar-refractivity contribution in [2.75, 3.05) is 0 Å². The predicted molar refractivity (Wildman–Crippen MR) is 66.0 cm³/mol. The van der Waals surface area contributed by atoms with Crippen LogP contribution in [0.2, 0.25) is 0 Å². The quantitative estimate of drug-likeness (QED) is 0.428. The van der Waals surface area contributed by atoms with E-state index in [4.69, 9.17) is 21.7 Å². The summed E-state index contributed by atoms with van der Waals surface area (Å²) < 4.78 is 0. The summed E-state index contributed by atoms with van der Waals surface area (Å²) in [5.74, 6) is -2.52. The predicted octanol–water partition coefficient (Wildman–Crippen LogP) is -0.157. The molecule has 0 rings (SSSR count). The van der Waals surface area contributed by atoms with Gasteiger partial charge in [-0.05, 0) is 19.3 Å². The van der Waals surface area contributed by atoms with Gasteiger partial charge in [-0.15, -0.1) is 0 Å². The number of nitrogens with two attached hydrogens (primary N) is 2. The number of unbranched alkanes of at least 4 members (excludes halogenated alkanes) is 1. The Kier molecular flexibility index (Phi) is 12.5. The van der Waals surface area contributed by atoms with E-state index in [9.17, 15) is 19.2 Å². The first kappa shape index (κ1) is 19.2. The van der Waals surface area contributed by atoms with Gasteiger partial charge in [-0.1, -0.05) is 0 Å². The van der Waals surface area contributed by atoms with E-state index in [1.807, 2.05) is 0 Å². The van der Waals surface area contributed by atoms with Crippen LogP contribution in [0.25, 0.3) is 0 Å². The van der Waals surface area contributed by atoms with Crippen LogP contribution in [0.1, 0.15) is 44.9 Å². The lowest BCUT2D eigenvalue weighted by Crippen LogP contribution is -2.14. The van der Waals surface area contributed by atoms with E-state index in [-0.39, 0.29) is 25.7 Å². The SMILES string of the molecule is NC(=O)CCCC(N)=O.O=C(O)CCCCC(=O)O. The summed E-state index contributed by atoms with van der Waals surface area (Å²) in [6.07, 6.45) is 1.96. The van der Waals surface area contributed by atoms with Crippen molar-refractivity contribution in [1.29, 1.82) is 0 Å². The molecule has 0 aromatic heterocycles. The van der Waals surface area contributed by atoms with Gasteiger partial charge < -0.3 is 21.7 Å². The van der Waals surface area contributed by atoms with Crippen molar-refractivity contribution in [2.45, 2.75) is 44.9 Å². The van der Waals surface area contributed by atoms with Crippen molar-refractivity contribution in [3.05, 3.63) is 0 Å². The Hall–Kier alpha value is -2.12. The Balaban J connectivity index is 0. The Morgan fingerprint density at radius 1 is 0.632 bits per heavy atom. The first-order valence-electron chi connectivity index (χ1n) is 5.76. The highest BCUT2D eigenvalue weighted by atomic mass is 16.4. The molecule has 0 unspecified atom stereocenters. The number of amides is 2. The van der Waals surface area contributed by atoms with Crippen molar-refractivity contribution >= 4 is 23.8 Å². The molecule has 110 valence electrons. The minimum atomic E-state index is -0.870. The third-order valence-electron chi connectivity index (χ3n) is 1.88. The first-order valence-corrected chi connectivity index (χ1v) is 5.76. The molecule has 0 saturated heterocycles. The number of carbonyl (C=O) groups excluding carboxylic acids is 2. The number of carbonyl (C=O) groups is 4. The van der Waals surface area contributed by atoms with Gasteiger partial charge in [0.05, 0.1) is 0 Å². The lowest BCUT2D eigenvalue weighted by atomic mass is 10.2. The molecule has 0 spiro atoms. The molecule has 0 aliphatic heterocycles. The average molecular weight is 276 g/mol. The second-order valence-corrected chi connectivity index (χ2v) is 3.78. The fourth-order valence-electron chi connectivity index (χ4n) is 0.989. The first-order chi connectivity index (χ1) is 8.75. The Labute approximate surface area is 110 Å². The molecule has 0 heterocycles. The van der Waals surface area contributed by atoms with Gasteiger partial charge in [0.1, 0.15) is 0 Å². The van der Waals surface area contributed by atoms with Crippen molar-refractivity contribution < 1.29 is 29.4 Å². The fraction of sp³-hybridized carbons (Fsp3) is 0.636. The maximum absolute atomic E-state index is 10.1. The van der Waals surface area contributed by atoms with Gasteiger partial charge in [0.25, 0.3) is 0 Å². The van der Waals surface area contributed by atoms with Crippen LogP contribution >= 0.6 is 0 Å². The molecular weight excluding hydrogens is 256 g/mol. The van der Waals surface area contributed by atoms with Gasteiger partial charge in [-0.2, -0.15) is 0 Å². The van der Waals surface area contributed by atoms with E-state index in [2.05, 4.69) is 0 Å².